The molecule has 0 aromatic rings. The van der Waals surface area contributed by atoms with Gasteiger partial charge < -0.3 is 0 Å². The standard InChI is InChI=1S/C6H11P/c1-4-2-6(4)3-5(6)7/h4-5H,2-3,7H2,1H3. The van der Waals surface area contributed by atoms with Crippen LogP contribution in [0.1, 0.15) is 19.8 Å². The summed E-state index contributed by atoms with van der Waals surface area (Å²) in [7, 11) is 2.92. The molecular formula is C6H11P. The highest BCUT2D eigenvalue weighted by Gasteiger charge is 2.66. The van der Waals surface area contributed by atoms with Crippen LogP contribution in [0.2, 0.25) is 0 Å². The average Bonchev–Trinajstić information content (AvgIpc) is 2.28. The van der Waals surface area contributed by atoms with Gasteiger partial charge in [-0.05, 0) is 29.8 Å². The van der Waals surface area contributed by atoms with Gasteiger partial charge in [0.05, 0.1) is 0 Å². The Hall–Kier alpha value is 0.430. The van der Waals surface area contributed by atoms with Gasteiger partial charge in [-0.2, -0.15) is 0 Å². The van der Waals surface area contributed by atoms with E-state index in [0.29, 0.717) is 0 Å². The fourth-order valence-corrected chi connectivity index (χ4v) is 2.57. The molecule has 0 radical (unpaired) electrons. The van der Waals surface area contributed by atoms with Crippen LogP contribution < -0.4 is 0 Å². The molecule has 2 aliphatic rings. The van der Waals surface area contributed by atoms with E-state index in [1.165, 1.54) is 12.8 Å². The van der Waals surface area contributed by atoms with E-state index in [2.05, 4.69) is 16.2 Å². The lowest BCUT2D eigenvalue weighted by atomic mass is 10.3. The summed E-state index contributed by atoms with van der Waals surface area (Å²) < 4.78 is 0. The summed E-state index contributed by atoms with van der Waals surface area (Å²) in [6.45, 7) is 2.37. The van der Waals surface area contributed by atoms with Crippen molar-refractivity contribution in [1.29, 1.82) is 0 Å². The highest BCUT2D eigenvalue weighted by Crippen LogP contribution is 2.73. The first-order valence-corrected chi connectivity index (χ1v) is 3.68. The van der Waals surface area contributed by atoms with Crippen LogP contribution in [0, 0.1) is 11.3 Å². The van der Waals surface area contributed by atoms with Crippen molar-refractivity contribution in [1.82, 2.24) is 0 Å². The van der Waals surface area contributed by atoms with E-state index in [-0.39, 0.29) is 0 Å². The Kier molecular flexibility index (Phi) is 0.562. The molecule has 7 heavy (non-hydrogen) atoms. The van der Waals surface area contributed by atoms with Gasteiger partial charge in [-0.25, -0.2) is 0 Å². The summed E-state index contributed by atoms with van der Waals surface area (Å²) in [6.07, 6.45) is 3.01. The maximum absolute atomic E-state index is 2.92. The largest absolute Gasteiger partial charge is 0.134 e. The molecule has 0 aromatic heterocycles. The molecule has 2 rings (SSSR count). The van der Waals surface area contributed by atoms with Gasteiger partial charge in [-0.3, -0.25) is 0 Å². The number of hydrogen-bond acceptors (Lipinski definition) is 0. The van der Waals surface area contributed by atoms with Crippen molar-refractivity contribution in [3.8, 4) is 0 Å². The first-order chi connectivity index (χ1) is 3.26. The van der Waals surface area contributed by atoms with Crippen LogP contribution in [0.5, 0.6) is 0 Å². The third-order valence-corrected chi connectivity index (χ3v) is 3.59. The van der Waals surface area contributed by atoms with Crippen molar-refractivity contribution >= 4 is 9.24 Å². The van der Waals surface area contributed by atoms with E-state index in [0.717, 1.165) is 17.0 Å². The second kappa shape index (κ2) is 0.910. The van der Waals surface area contributed by atoms with Gasteiger partial charge in [-0.1, -0.05) is 6.92 Å². The summed E-state index contributed by atoms with van der Waals surface area (Å²) in [6, 6.07) is 0. The molecule has 4 unspecified atom stereocenters. The zero-order chi connectivity index (χ0) is 5.07. The summed E-state index contributed by atoms with van der Waals surface area (Å²) in [5.74, 6) is 1.06. The predicted molar refractivity (Wildman–Crippen MR) is 34.3 cm³/mol. The maximum Gasteiger partial charge on any atom is -0.0199 e. The molecule has 40 valence electrons. The molecule has 0 aromatic carbocycles. The second-order valence-electron chi connectivity index (χ2n) is 3.15. The van der Waals surface area contributed by atoms with Gasteiger partial charge in [0, 0.05) is 0 Å². The lowest BCUT2D eigenvalue weighted by Crippen LogP contribution is -1.74. The number of rotatable bonds is 0. The molecule has 0 aliphatic heterocycles. The molecule has 1 heteroatoms. The maximum atomic E-state index is 2.92. The summed E-state index contributed by atoms with van der Waals surface area (Å²) in [5, 5.41) is 0. The van der Waals surface area contributed by atoms with Crippen LogP contribution >= 0.6 is 9.24 Å². The molecule has 2 aliphatic carbocycles. The third-order valence-electron chi connectivity index (χ3n) is 2.69. The Morgan fingerprint density at radius 3 is 2.00 bits per heavy atom. The SMILES string of the molecule is CC1CC12CC2P. The molecular weight excluding hydrogens is 103 g/mol. The molecule has 0 N–H and O–H groups in total. The Morgan fingerprint density at radius 2 is 2.00 bits per heavy atom. The van der Waals surface area contributed by atoms with Crippen LogP contribution in [0.3, 0.4) is 0 Å². The molecule has 0 amide bonds. The van der Waals surface area contributed by atoms with Crippen molar-refractivity contribution in [2.24, 2.45) is 11.3 Å². The van der Waals surface area contributed by atoms with E-state index in [1.54, 1.807) is 0 Å². The molecule has 1 spiro atoms. The fraction of sp³-hybridized carbons (Fsp3) is 1.00. The monoisotopic (exact) mass is 114 g/mol. The fourth-order valence-electron chi connectivity index (χ4n) is 1.66. The third kappa shape index (κ3) is 0.372. The highest BCUT2D eigenvalue weighted by molar-refractivity contribution is 7.18. The zero-order valence-electron chi connectivity index (χ0n) is 4.65. The van der Waals surface area contributed by atoms with Crippen molar-refractivity contribution in [3.05, 3.63) is 0 Å². The lowest BCUT2D eigenvalue weighted by molar-refractivity contribution is 0.776. The van der Waals surface area contributed by atoms with Crippen LogP contribution in [0.4, 0.5) is 0 Å². The van der Waals surface area contributed by atoms with E-state index >= 15 is 0 Å². The first-order valence-electron chi connectivity index (χ1n) is 3.01. The van der Waals surface area contributed by atoms with Gasteiger partial charge in [0.25, 0.3) is 0 Å². The van der Waals surface area contributed by atoms with Crippen LogP contribution in [-0.2, 0) is 0 Å². The summed E-state index contributed by atoms with van der Waals surface area (Å²) >= 11 is 0. The Bertz CT molecular complexity index is 94.7. The van der Waals surface area contributed by atoms with Crippen LogP contribution in [-0.4, -0.2) is 5.66 Å². The van der Waals surface area contributed by atoms with Gasteiger partial charge in [0.15, 0.2) is 0 Å². The minimum Gasteiger partial charge on any atom is -0.134 e. The molecule has 0 heterocycles. The summed E-state index contributed by atoms with van der Waals surface area (Å²) in [4.78, 5) is 0. The Morgan fingerprint density at radius 1 is 1.57 bits per heavy atom. The molecule has 0 bridgehead atoms. The average molecular weight is 114 g/mol. The van der Waals surface area contributed by atoms with Gasteiger partial charge >= 0.3 is 0 Å². The lowest BCUT2D eigenvalue weighted by Gasteiger charge is -1.78. The topological polar surface area (TPSA) is 0 Å². The zero-order valence-corrected chi connectivity index (χ0v) is 5.80. The molecule has 0 nitrogen and oxygen atoms in total. The molecule has 2 saturated carbocycles. The van der Waals surface area contributed by atoms with E-state index < -0.39 is 0 Å². The second-order valence-corrected chi connectivity index (χ2v) is 3.95. The van der Waals surface area contributed by atoms with Crippen molar-refractivity contribution in [3.63, 3.8) is 0 Å². The van der Waals surface area contributed by atoms with Gasteiger partial charge in [-0.15, -0.1) is 9.24 Å². The first kappa shape index (κ1) is 4.32. The number of hydrogen-bond donors (Lipinski definition) is 0. The molecule has 0 saturated heterocycles. The van der Waals surface area contributed by atoms with Crippen molar-refractivity contribution in [2.75, 3.05) is 0 Å². The minimum atomic E-state index is 0.880. The molecule has 2 fully saturated rings. The van der Waals surface area contributed by atoms with Crippen molar-refractivity contribution in [2.45, 2.75) is 25.4 Å². The normalized spacial score (nSPS) is 66.0. The minimum absolute atomic E-state index is 0.880. The van der Waals surface area contributed by atoms with Gasteiger partial charge in [0.2, 0.25) is 0 Å². The van der Waals surface area contributed by atoms with Crippen LogP contribution in [0.25, 0.3) is 0 Å². The highest BCUT2D eigenvalue weighted by atomic mass is 31.0. The predicted octanol–water partition coefficient (Wildman–Crippen LogP) is 1.66. The van der Waals surface area contributed by atoms with Gasteiger partial charge in [0.1, 0.15) is 0 Å². The van der Waals surface area contributed by atoms with E-state index in [9.17, 15) is 0 Å². The quantitative estimate of drug-likeness (QED) is 0.420. The van der Waals surface area contributed by atoms with Crippen LogP contribution in [0.15, 0.2) is 0 Å². The Balaban J connectivity index is 2.11. The van der Waals surface area contributed by atoms with E-state index in [4.69, 9.17) is 0 Å². The van der Waals surface area contributed by atoms with E-state index in [1.807, 2.05) is 0 Å². The Labute approximate surface area is 46.9 Å². The molecule has 4 atom stereocenters. The van der Waals surface area contributed by atoms with Crippen molar-refractivity contribution < 1.29 is 0 Å². The summed E-state index contributed by atoms with van der Waals surface area (Å²) in [5.41, 5.74) is 1.88. The smallest absolute Gasteiger partial charge is 0.0199 e.